The average molecular weight is 399 g/mol. The lowest BCUT2D eigenvalue weighted by Crippen LogP contribution is -2.38. The maximum Gasteiger partial charge on any atom is 0.249 e. The maximum absolute atomic E-state index is 12.9. The lowest BCUT2D eigenvalue weighted by Gasteiger charge is -2.30. The Morgan fingerprint density at radius 2 is 2.07 bits per heavy atom. The summed E-state index contributed by atoms with van der Waals surface area (Å²) in [6.45, 7) is 10.1. The van der Waals surface area contributed by atoms with E-state index in [2.05, 4.69) is 46.2 Å². The molecule has 7 heteroatoms. The number of carbonyl (C=O) groups is 1. The molecule has 1 aromatic heterocycles. The van der Waals surface area contributed by atoms with E-state index in [1.54, 1.807) is 0 Å². The summed E-state index contributed by atoms with van der Waals surface area (Å²) in [5.41, 5.74) is 2.48. The van der Waals surface area contributed by atoms with Crippen molar-refractivity contribution in [3.8, 4) is 0 Å². The van der Waals surface area contributed by atoms with Gasteiger partial charge in [0.1, 0.15) is 6.61 Å². The van der Waals surface area contributed by atoms with Crippen molar-refractivity contribution >= 4 is 5.91 Å². The number of rotatable bonds is 7. The second-order valence-corrected chi connectivity index (χ2v) is 8.06. The third-order valence-electron chi connectivity index (χ3n) is 6.17. The number of aryl methyl sites for hydroxylation is 2. The molecule has 0 aliphatic carbocycles. The lowest BCUT2D eigenvalue weighted by atomic mass is 9.87. The van der Waals surface area contributed by atoms with E-state index in [4.69, 9.17) is 9.26 Å². The van der Waals surface area contributed by atoms with E-state index in [1.165, 1.54) is 11.1 Å². The van der Waals surface area contributed by atoms with Gasteiger partial charge < -0.3 is 14.2 Å². The van der Waals surface area contributed by atoms with Crippen molar-refractivity contribution in [1.82, 2.24) is 19.9 Å². The van der Waals surface area contributed by atoms with Gasteiger partial charge in [0.05, 0.1) is 12.6 Å². The van der Waals surface area contributed by atoms with Crippen LogP contribution in [0.2, 0.25) is 0 Å². The fraction of sp³-hybridized carbons (Fsp3) is 0.591. The number of benzene rings is 1. The van der Waals surface area contributed by atoms with Crippen LogP contribution in [0.3, 0.4) is 0 Å². The van der Waals surface area contributed by atoms with Crippen molar-refractivity contribution < 1.29 is 14.1 Å². The standard InChI is InChI=1S/C22H30N4O3/c1-4-20-23-19(24-29-20)13-25-10-16-11-26(21(27)14-28-5-2)22(18(16)12-25)17-9-7-6-8-15(17)3/h6-9,16,18,22H,4-5,10-14H2,1-3H3/t16-,18-,22-/m0/s1. The van der Waals surface area contributed by atoms with Gasteiger partial charge >= 0.3 is 0 Å². The van der Waals surface area contributed by atoms with Crippen molar-refractivity contribution in [2.24, 2.45) is 11.8 Å². The van der Waals surface area contributed by atoms with Crippen molar-refractivity contribution in [2.75, 3.05) is 32.8 Å². The Morgan fingerprint density at radius 1 is 1.24 bits per heavy atom. The zero-order valence-electron chi connectivity index (χ0n) is 17.5. The van der Waals surface area contributed by atoms with Gasteiger partial charge in [0, 0.05) is 38.6 Å². The van der Waals surface area contributed by atoms with Crippen molar-refractivity contribution in [3.63, 3.8) is 0 Å². The van der Waals surface area contributed by atoms with Gasteiger partial charge in [-0.3, -0.25) is 9.69 Å². The molecule has 2 fully saturated rings. The number of aromatic nitrogens is 2. The second kappa shape index (κ2) is 8.63. The van der Waals surface area contributed by atoms with Crippen LogP contribution in [0.25, 0.3) is 0 Å². The molecule has 0 spiro atoms. The number of amides is 1. The second-order valence-electron chi connectivity index (χ2n) is 8.06. The number of hydrogen-bond donors (Lipinski definition) is 0. The SMILES string of the molecule is CCOCC(=O)N1C[C@@H]2CN(Cc3noc(CC)n3)C[C@@H]2[C@@H]1c1ccccc1C. The highest BCUT2D eigenvalue weighted by molar-refractivity contribution is 5.78. The molecule has 156 valence electrons. The Labute approximate surface area is 172 Å². The smallest absolute Gasteiger partial charge is 0.249 e. The first-order valence-corrected chi connectivity index (χ1v) is 10.6. The molecule has 0 bridgehead atoms. The van der Waals surface area contributed by atoms with Crippen molar-refractivity contribution in [3.05, 3.63) is 47.1 Å². The van der Waals surface area contributed by atoms with Crippen LogP contribution >= 0.6 is 0 Å². The number of ether oxygens (including phenoxy) is 1. The van der Waals surface area contributed by atoms with Crippen LogP contribution in [0.15, 0.2) is 28.8 Å². The third-order valence-corrected chi connectivity index (χ3v) is 6.17. The maximum atomic E-state index is 12.9. The molecule has 2 aliphatic rings. The number of nitrogens with zero attached hydrogens (tertiary/aromatic N) is 4. The normalized spacial score (nSPS) is 24.2. The quantitative estimate of drug-likeness (QED) is 0.714. The van der Waals surface area contributed by atoms with E-state index in [9.17, 15) is 4.79 Å². The third kappa shape index (κ3) is 4.07. The molecule has 7 nitrogen and oxygen atoms in total. The molecular formula is C22H30N4O3. The molecule has 3 atom stereocenters. The molecular weight excluding hydrogens is 368 g/mol. The number of carbonyl (C=O) groups excluding carboxylic acids is 1. The van der Waals surface area contributed by atoms with Crippen LogP contribution in [0.4, 0.5) is 0 Å². The highest BCUT2D eigenvalue weighted by Crippen LogP contribution is 2.46. The minimum Gasteiger partial charge on any atom is -0.372 e. The molecule has 2 aliphatic heterocycles. The molecule has 2 aromatic rings. The Hall–Kier alpha value is -2.25. The summed E-state index contributed by atoms with van der Waals surface area (Å²) in [5.74, 6) is 2.37. The summed E-state index contributed by atoms with van der Waals surface area (Å²) in [6.07, 6.45) is 0.754. The van der Waals surface area contributed by atoms with Gasteiger partial charge in [0.25, 0.3) is 0 Å². The van der Waals surface area contributed by atoms with Gasteiger partial charge in [-0.15, -0.1) is 0 Å². The van der Waals surface area contributed by atoms with E-state index in [1.807, 2.05) is 18.7 Å². The number of hydrogen-bond acceptors (Lipinski definition) is 6. The van der Waals surface area contributed by atoms with Crippen LogP contribution in [0, 0.1) is 18.8 Å². The first-order valence-electron chi connectivity index (χ1n) is 10.6. The Morgan fingerprint density at radius 3 is 2.79 bits per heavy atom. The van der Waals surface area contributed by atoms with Gasteiger partial charge in [0.2, 0.25) is 11.8 Å². The molecule has 2 saturated heterocycles. The minimum absolute atomic E-state index is 0.0896. The zero-order valence-corrected chi connectivity index (χ0v) is 17.5. The van der Waals surface area contributed by atoms with E-state index in [-0.39, 0.29) is 18.6 Å². The topological polar surface area (TPSA) is 71.7 Å². The van der Waals surface area contributed by atoms with Crippen LogP contribution in [-0.4, -0.2) is 58.7 Å². The first kappa shape index (κ1) is 20.0. The van der Waals surface area contributed by atoms with Gasteiger partial charge in [-0.25, -0.2) is 0 Å². The summed E-state index contributed by atoms with van der Waals surface area (Å²) in [7, 11) is 0. The van der Waals surface area contributed by atoms with Crippen LogP contribution in [0.1, 0.15) is 42.7 Å². The van der Waals surface area contributed by atoms with Gasteiger partial charge in [0.15, 0.2) is 5.82 Å². The predicted molar refractivity (Wildman–Crippen MR) is 108 cm³/mol. The molecule has 0 saturated carbocycles. The monoisotopic (exact) mass is 398 g/mol. The molecule has 0 unspecified atom stereocenters. The van der Waals surface area contributed by atoms with Gasteiger partial charge in [-0.2, -0.15) is 4.98 Å². The fourth-order valence-electron chi connectivity index (χ4n) is 4.81. The van der Waals surface area contributed by atoms with E-state index < -0.39 is 0 Å². The molecule has 0 N–H and O–H groups in total. The molecule has 1 aromatic carbocycles. The number of fused-ring (bicyclic) bond motifs is 1. The summed E-state index contributed by atoms with van der Waals surface area (Å²) >= 11 is 0. The van der Waals surface area contributed by atoms with E-state index in [0.717, 1.165) is 31.9 Å². The lowest BCUT2D eigenvalue weighted by molar-refractivity contribution is -0.137. The van der Waals surface area contributed by atoms with Crippen LogP contribution in [0.5, 0.6) is 0 Å². The molecule has 4 rings (SSSR count). The van der Waals surface area contributed by atoms with Crippen LogP contribution < -0.4 is 0 Å². The van der Waals surface area contributed by atoms with Crippen molar-refractivity contribution in [1.29, 1.82) is 0 Å². The molecule has 0 radical (unpaired) electrons. The highest BCUT2D eigenvalue weighted by atomic mass is 16.5. The molecule has 1 amide bonds. The van der Waals surface area contributed by atoms with Gasteiger partial charge in [-0.1, -0.05) is 36.3 Å². The van der Waals surface area contributed by atoms with E-state index >= 15 is 0 Å². The first-order chi connectivity index (χ1) is 14.1. The highest BCUT2D eigenvalue weighted by Gasteiger charge is 2.49. The molecule has 29 heavy (non-hydrogen) atoms. The number of likely N-dealkylation sites (tertiary alicyclic amines) is 2. The van der Waals surface area contributed by atoms with Crippen molar-refractivity contribution in [2.45, 2.75) is 39.8 Å². The van der Waals surface area contributed by atoms with E-state index in [0.29, 0.717) is 30.9 Å². The predicted octanol–water partition coefficient (Wildman–Crippen LogP) is 2.61. The molecule has 3 heterocycles. The summed E-state index contributed by atoms with van der Waals surface area (Å²) in [5, 5.41) is 4.10. The summed E-state index contributed by atoms with van der Waals surface area (Å²) < 4.78 is 10.7. The Balaban J connectivity index is 1.53. The fourth-order valence-corrected chi connectivity index (χ4v) is 4.81. The summed E-state index contributed by atoms with van der Waals surface area (Å²) in [4.78, 5) is 21.8. The summed E-state index contributed by atoms with van der Waals surface area (Å²) in [6, 6.07) is 8.51. The van der Waals surface area contributed by atoms with Crippen LogP contribution in [-0.2, 0) is 22.5 Å². The largest absolute Gasteiger partial charge is 0.372 e. The Bertz CT molecular complexity index is 852. The zero-order chi connectivity index (χ0) is 20.4. The minimum atomic E-state index is 0.0896. The average Bonchev–Trinajstić information content (AvgIpc) is 3.41. The van der Waals surface area contributed by atoms with Gasteiger partial charge in [-0.05, 0) is 30.9 Å². The Kier molecular flexibility index (Phi) is 5.96.